The minimum Gasteiger partial charge on any atom is -0.492 e. The molecule has 0 spiro atoms. The molecule has 1 aromatic carbocycles. The highest BCUT2D eigenvalue weighted by atomic mass is 16.5. The zero-order chi connectivity index (χ0) is 11.8. The maximum atomic E-state index is 5.71. The molecule has 0 bridgehead atoms. The first kappa shape index (κ1) is 13.0. The van der Waals surface area contributed by atoms with E-state index in [1.165, 1.54) is 5.56 Å². The number of para-hydroxylation sites is 1. The van der Waals surface area contributed by atoms with Gasteiger partial charge in [0.2, 0.25) is 0 Å². The lowest BCUT2D eigenvalue weighted by Gasteiger charge is -2.16. The van der Waals surface area contributed by atoms with Crippen LogP contribution in [0.5, 0.6) is 5.75 Å². The summed E-state index contributed by atoms with van der Waals surface area (Å²) in [4.78, 5) is 2.24. The van der Waals surface area contributed by atoms with Crippen molar-refractivity contribution >= 4 is 0 Å². The normalized spacial score (nSPS) is 10.8. The molecule has 0 aliphatic carbocycles. The van der Waals surface area contributed by atoms with E-state index in [4.69, 9.17) is 10.5 Å². The third-order valence-corrected chi connectivity index (χ3v) is 2.57. The van der Waals surface area contributed by atoms with E-state index in [0.717, 1.165) is 38.4 Å². The van der Waals surface area contributed by atoms with Crippen LogP contribution in [0.3, 0.4) is 0 Å². The Morgan fingerprint density at radius 3 is 2.69 bits per heavy atom. The lowest BCUT2D eigenvalue weighted by molar-refractivity contribution is 0.236. The molecule has 0 saturated carbocycles. The second-order valence-corrected chi connectivity index (χ2v) is 4.06. The summed E-state index contributed by atoms with van der Waals surface area (Å²) in [6.45, 7) is 5.52. The molecule has 0 aliphatic rings. The first-order valence-electron chi connectivity index (χ1n) is 5.81. The fourth-order valence-corrected chi connectivity index (χ4v) is 1.50. The smallest absolute Gasteiger partial charge is 0.122 e. The maximum absolute atomic E-state index is 5.71. The standard InChI is InChI=1S/C13H22N2O/c1-12-6-3-4-7-13(12)16-11-10-15(2)9-5-8-14/h3-4,6-7H,5,8-11,14H2,1-2H3. The van der Waals surface area contributed by atoms with E-state index in [1.807, 2.05) is 18.2 Å². The molecule has 3 nitrogen and oxygen atoms in total. The van der Waals surface area contributed by atoms with Crippen molar-refractivity contribution in [3.05, 3.63) is 29.8 Å². The highest BCUT2D eigenvalue weighted by molar-refractivity contribution is 5.31. The van der Waals surface area contributed by atoms with E-state index in [1.54, 1.807) is 0 Å². The molecule has 0 fully saturated rings. The van der Waals surface area contributed by atoms with Crippen molar-refractivity contribution in [1.29, 1.82) is 0 Å². The lowest BCUT2D eigenvalue weighted by Crippen LogP contribution is -2.26. The van der Waals surface area contributed by atoms with Gasteiger partial charge in [0.1, 0.15) is 12.4 Å². The van der Waals surface area contributed by atoms with Crippen LogP contribution in [0.4, 0.5) is 0 Å². The Balaban J connectivity index is 2.23. The lowest BCUT2D eigenvalue weighted by atomic mass is 10.2. The van der Waals surface area contributed by atoms with Crippen LogP contribution in [0, 0.1) is 6.92 Å². The van der Waals surface area contributed by atoms with Crippen LogP contribution < -0.4 is 10.5 Å². The van der Waals surface area contributed by atoms with Crippen molar-refractivity contribution in [1.82, 2.24) is 4.90 Å². The predicted molar refractivity (Wildman–Crippen MR) is 67.8 cm³/mol. The summed E-state index contributed by atoms with van der Waals surface area (Å²) in [6.07, 6.45) is 1.04. The van der Waals surface area contributed by atoms with Crippen LogP contribution in [0.2, 0.25) is 0 Å². The van der Waals surface area contributed by atoms with Gasteiger partial charge < -0.3 is 15.4 Å². The Morgan fingerprint density at radius 2 is 2.00 bits per heavy atom. The minimum atomic E-state index is 0.728. The van der Waals surface area contributed by atoms with Crippen molar-refractivity contribution in [3.8, 4) is 5.75 Å². The zero-order valence-corrected chi connectivity index (χ0v) is 10.3. The molecule has 0 radical (unpaired) electrons. The molecule has 0 unspecified atom stereocenters. The second kappa shape index (κ2) is 7.25. The van der Waals surface area contributed by atoms with Gasteiger partial charge in [0.05, 0.1) is 0 Å². The van der Waals surface area contributed by atoms with Crippen molar-refractivity contribution in [2.24, 2.45) is 5.73 Å². The summed E-state index contributed by atoms with van der Waals surface area (Å²) >= 11 is 0. The molecule has 16 heavy (non-hydrogen) atoms. The van der Waals surface area contributed by atoms with E-state index in [9.17, 15) is 0 Å². The van der Waals surface area contributed by atoms with Gasteiger partial charge in [-0.05, 0) is 45.1 Å². The van der Waals surface area contributed by atoms with Crippen LogP contribution in [-0.4, -0.2) is 38.2 Å². The summed E-state index contributed by atoms with van der Waals surface area (Å²) in [7, 11) is 2.09. The van der Waals surface area contributed by atoms with Crippen molar-refractivity contribution in [2.45, 2.75) is 13.3 Å². The topological polar surface area (TPSA) is 38.5 Å². The molecule has 0 amide bonds. The van der Waals surface area contributed by atoms with E-state index in [2.05, 4.69) is 24.9 Å². The quantitative estimate of drug-likeness (QED) is 0.762. The molecule has 0 atom stereocenters. The first-order valence-corrected chi connectivity index (χ1v) is 5.81. The van der Waals surface area contributed by atoms with Crippen LogP contribution in [-0.2, 0) is 0 Å². The number of nitrogens with two attached hydrogens (primary N) is 1. The molecular weight excluding hydrogens is 200 g/mol. The highest BCUT2D eigenvalue weighted by Crippen LogP contribution is 2.15. The molecule has 0 heterocycles. The molecular formula is C13H22N2O. The maximum Gasteiger partial charge on any atom is 0.122 e. The van der Waals surface area contributed by atoms with E-state index in [-0.39, 0.29) is 0 Å². The number of likely N-dealkylation sites (N-methyl/N-ethyl adjacent to an activating group) is 1. The van der Waals surface area contributed by atoms with Gasteiger partial charge in [-0.2, -0.15) is 0 Å². The monoisotopic (exact) mass is 222 g/mol. The first-order chi connectivity index (χ1) is 7.74. The summed E-state index contributed by atoms with van der Waals surface area (Å²) in [5.41, 5.74) is 6.65. The van der Waals surface area contributed by atoms with Crippen molar-refractivity contribution in [3.63, 3.8) is 0 Å². The van der Waals surface area contributed by atoms with E-state index in [0.29, 0.717) is 0 Å². The molecule has 2 N–H and O–H groups in total. The number of nitrogens with zero attached hydrogens (tertiary/aromatic N) is 1. The molecule has 3 heteroatoms. The third-order valence-electron chi connectivity index (χ3n) is 2.57. The van der Waals surface area contributed by atoms with Crippen molar-refractivity contribution < 1.29 is 4.74 Å². The van der Waals surface area contributed by atoms with Gasteiger partial charge in [-0.1, -0.05) is 18.2 Å². The number of hydrogen-bond donors (Lipinski definition) is 1. The van der Waals surface area contributed by atoms with Gasteiger partial charge in [-0.15, -0.1) is 0 Å². The second-order valence-electron chi connectivity index (χ2n) is 4.06. The molecule has 90 valence electrons. The third kappa shape index (κ3) is 4.64. The number of aryl methyl sites for hydroxylation is 1. The molecule has 0 aromatic heterocycles. The highest BCUT2D eigenvalue weighted by Gasteiger charge is 2.00. The average molecular weight is 222 g/mol. The SMILES string of the molecule is Cc1ccccc1OCCN(C)CCCN. The average Bonchev–Trinajstić information content (AvgIpc) is 2.29. The van der Waals surface area contributed by atoms with Gasteiger partial charge in [-0.3, -0.25) is 0 Å². The van der Waals surface area contributed by atoms with Gasteiger partial charge in [0.15, 0.2) is 0 Å². The Morgan fingerprint density at radius 1 is 1.25 bits per heavy atom. The zero-order valence-electron chi connectivity index (χ0n) is 10.3. The summed E-state index contributed by atoms with van der Waals surface area (Å²) in [6, 6.07) is 8.10. The van der Waals surface area contributed by atoms with Gasteiger partial charge in [-0.25, -0.2) is 0 Å². The Labute approximate surface area is 98.2 Å². The number of hydrogen-bond acceptors (Lipinski definition) is 3. The largest absolute Gasteiger partial charge is 0.492 e. The molecule has 0 saturated heterocycles. The van der Waals surface area contributed by atoms with Gasteiger partial charge in [0, 0.05) is 6.54 Å². The summed E-state index contributed by atoms with van der Waals surface area (Å²) in [5.74, 6) is 0.981. The van der Waals surface area contributed by atoms with E-state index >= 15 is 0 Å². The van der Waals surface area contributed by atoms with E-state index < -0.39 is 0 Å². The fraction of sp³-hybridized carbons (Fsp3) is 0.538. The Kier molecular flexibility index (Phi) is 5.90. The minimum absolute atomic E-state index is 0.728. The molecule has 1 aromatic rings. The Bertz CT molecular complexity index is 302. The Hall–Kier alpha value is -1.06. The van der Waals surface area contributed by atoms with Crippen LogP contribution >= 0.6 is 0 Å². The van der Waals surface area contributed by atoms with Crippen LogP contribution in [0.1, 0.15) is 12.0 Å². The van der Waals surface area contributed by atoms with Gasteiger partial charge in [0.25, 0.3) is 0 Å². The summed E-state index contributed by atoms with van der Waals surface area (Å²) in [5, 5.41) is 0. The molecule has 0 aliphatic heterocycles. The van der Waals surface area contributed by atoms with Gasteiger partial charge >= 0.3 is 0 Å². The fourth-order valence-electron chi connectivity index (χ4n) is 1.50. The summed E-state index contributed by atoms with van der Waals surface area (Å²) < 4.78 is 5.71. The van der Waals surface area contributed by atoms with Crippen LogP contribution in [0.15, 0.2) is 24.3 Å². The van der Waals surface area contributed by atoms with Crippen LogP contribution in [0.25, 0.3) is 0 Å². The number of benzene rings is 1. The number of rotatable bonds is 7. The van der Waals surface area contributed by atoms with Crippen molar-refractivity contribution in [2.75, 3.05) is 33.3 Å². The number of ether oxygens (including phenoxy) is 1. The predicted octanol–water partition coefficient (Wildman–Crippen LogP) is 1.65. The molecule has 1 rings (SSSR count).